The first-order valence-corrected chi connectivity index (χ1v) is 8.98. The lowest BCUT2D eigenvalue weighted by Crippen LogP contribution is -2.37. The largest absolute Gasteiger partial charge is 0.497 e. The van der Waals surface area contributed by atoms with Gasteiger partial charge in [-0.3, -0.25) is 4.99 Å². The molecular formula is C21H29N3O2. The molecular weight excluding hydrogens is 326 g/mol. The van der Waals surface area contributed by atoms with Gasteiger partial charge in [-0.25, -0.2) is 0 Å². The Labute approximate surface area is 156 Å². The molecule has 2 N–H and O–H groups in total. The van der Waals surface area contributed by atoms with Crippen molar-refractivity contribution in [1.82, 2.24) is 10.6 Å². The third kappa shape index (κ3) is 6.76. The highest BCUT2D eigenvalue weighted by Crippen LogP contribution is 2.11. The SMILES string of the molecule is CCOCc1ccc(CNC(=NC)NCCc2ccc(OC)cc2)cc1. The number of hydrogen-bond acceptors (Lipinski definition) is 3. The fourth-order valence-electron chi connectivity index (χ4n) is 2.50. The number of aliphatic imine (C=N–C) groups is 1. The molecule has 0 amide bonds. The van der Waals surface area contributed by atoms with E-state index in [2.05, 4.69) is 52.0 Å². The van der Waals surface area contributed by atoms with Crippen LogP contribution in [-0.4, -0.2) is 33.3 Å². The first kappa shape index (κ1) is 19.8. The summed E-state index contributed by atoms with van der Waals surface area (Å²) in [5.41, 5.74) is 3.67. The maximum Gasteiger partial charge on any atom is 0.191 e. The van der Waals surface area contributed by atoms with Gasteiger partial charge in [0.15, 0.2) is 5.96 Å². The van der Waals surface area contributed by atoms with E-state index in [0.29, 0.717) is 6.61 Å². The van der Waals surface area contributed by atoms with Crippen molar-refractivity contribution in [3.05, 3.63) is 65.2 Å². The third-order valence-electron chi connectivity index (χ3n) is 4.04. The highest BCUT2D eigenvalue weighted by atomic mass is 16.5. The molecule has 0 aliphatic heterocycles. The molecule has 0 saturated heterocycles. The number of rotatable bonds is 9. The van der Waals surface area contributed by atoms with Gasteiger partial charge in [0.25, 0.3) is 0 Å². The van der Waals surface area contributed by atoms with E-state index in [0.717, 1.165) is 37.8 Å². The van der Waals surface area contributed by atoms with Gasteiger partial charge in [0.1, 0.15) is 5.75 Å². The van der Waals surface area contributed by atoms with Crippen LogP contribution in [0.4, 0.5) is 0 Å². The molecule has 0 aliphatic rings. The average Bonchev–Trinajstić information content (AvgIpc) is 2.70. The zero-order valence-corrected chi connectivity index (χ0v) is 15.9. The Morgan fingerprint density at radius 2 is 1.58 bits per heavy atom. The Morgan fingerprint density at radius 3 is 2.19 bits per heavy atom. The van der Waals surface area contributed by atoms with Crippen LogP contribution in [0.1, 0.15) is 23.6 Å². The van der Waals surface area contributed by atoms with Gasteiger partial charge in [0.05, 0.1) is 13.7 Å². The number of benzene rings is 2. The first-order chi connectivity index (χ1) is 12.7. The second-order valence-corrected chi connectivity index (χ2v) is 5.90. The molecule has 5 nitrogen and oxygen atoms in total. The number of nitrogens with one attached hydrogen (secondary N) is 2. The molecule has 5 heteroatoms. The minimum Gasteiger partial charge on any atom is -0.497 e. The van der Waals surface area contributed by atoms with Crippen molar-refractivity contribution in [3.8, 4) is 5.75 Å². The number of ether oxygens (including phenoxy) is 2. The highest BCUT2D eigenvalue weighted by molar-refractivity contribution is 5.79. The van der Waals surface area contributed by atoms with E-state index in [1.54, 1.807) is 14.2 Å². The van der Waals surface area contributed by atoms with Gasteiger partial charge in [-0.2, -0.15) is 0 Å². The van der Waals surface area contributed by atoms with E-state index in [4.69, 9.17) is 9.47 Å². The maximum atomic E-state index is 5.42. The summed E-state index contributed by atoms with van der Waals surface area (Å²) in [6.07, 6.45) is 0.927. The molecule has 0 heterocycles. The minimum atomic E-state index is 0.665. The van der Waals surface area contributed by atoms with Crippen molar-refractivity contribution in [1.29, 1.82) is 0 Å². The van der Waals surface area contributed by atoms with Gasteiger partial charge in [-0.05, 0) is 42.2 Å². The summed E-state index contributed by atoms with van der Waals surface area (Å²) >= 11 is 0. The summed E-state index contributed by atoms with van der Waals surface area (Å²) in [6.45, 7) is 4.96. The number of hydrogen-bond donors (Lipinski definition) is 2. The molecule has 26 heavy (non-hydrogen) atoms. The fraction of sp³-hybridized carbons (Fsp3) is 0.381. The van der Waals surface area contributed by atoms with Crippen LogP contribution in [0.25, 0.3) is 0 Å². The quantitative estimate of drug-likeness (QED) is 0.536. The molecule has 0 unspecified atom stereocenters. The molecule has 2 rings (SSSR count). The average molecular weight is 355 g/mol. The molecule has 0 atom stereocenters. The van der Waals surface area contributed by atoms with Crippen LogP contribution in [-0.2, 0) is 24.3 Å². The number of guanidine groups is 1. The Kier molecular flexibility index (Phi) is 8.49. The van der Waals surface area contributed by atoms with Crippen molar-refractivity contribution in [3.63, 3.8) is 0 Å². The molecule has 2 aromatic rings. The summed E-state index contributed by atoms with van der Waals surface area (Å²) in [6, 6.07) is 16.6. The monoisotopic (exact) mass is 355 g/mol. The molecule has 0 saturated carbocycles. The van der Waals surface area contributed by atoms with Crippen molar-refractivity contribution in [2.75, 3.05) is 27.3 Å². The molecule has 2 aromatic carbocycles. The smallest absolute Gasteiger partial charge is 0.191 e. The van der Waals surface area contributed by atoms with Crippen molar-refractivity contribution in [2.45, 2.75) is 26.5 Å². The number of nitrogens with zero attached hydrogens (tertiary/aromatic N) is 1. The van der Waals surface area contributed by atoms with E-state index in [9.17, 15) is 0 Å². The Hall–Kier alpha value is -2.53. The predicted molar refractivity (Wildman–Crippen MR) is 107 cm³/mol. The summed E-state index contributed by atoms with van der Waals surface area (Å²) in [5.74, 6) is 1.68. The fourth-order valence-corrected chi connectivity index (χ4v) is 2.50. The van der Waals surface area contributed by atoms with Gasteiger partial charge >= 0.3 is 0 Å². The molecule has 0 radical (unpaired) electrons. The van der Waals surface area contributed by atoms with Gasteiger partial charge in [0.2, 0.25) is 0 Å². The summed E-state index contributed by atoms with van der Waals surface area (Å²) < 4.78 is 10.6. The lowest BCUT2D eigenvalue weighted by molar-refractivity contribution is 0.134. The van der Waals surface area contributed by atoms with E-state index >= 15 is 0 Å². The molecule has 0 aromatic heterocycles. The van der Waals surface area contributed by atoms with Crippen molar-refractivity contribution in [2.24, 2.45) is 4.99 Å². The molecule has 0 spiro atoms. The first-order valence-electron chi connectivity index (χ1n) is 8.98. The van der Waals surface area contributed by atoms with Crippen LogP contribution in [0.2, 0.25) is 0 Å². The van der Waals surface area contributed by atoms with Gasteiger partial charge in [0, 0.05) is 26.7 Å². The molecule has 0 fully saturated rings. The molecule has 0 bridgehead atoms. The standard InChI is InChI=1S/C21H29N3O2/c1-4-26-16-19-7-5-18(6-8-19)15-24-21(22-2)23-14-13-17-9-11-20(25-3)12-10-17/h5-12H,4,13-16H2,1-3H3,(H2,22,23,24). The Morgan fingerprint density at radius 1 is 0.923 bits per heavy atom. The van der Waals surface area contributed by atoms with Crippen LogP contribution in [0.3, 0.4) is 0 Å². The summed E-state index contributed by atoms with van der Waals surface area (Å²) in [4.78, 5) is 4.27. The third-order valence-corrected chi connectivity index (χ3v) is 4.04. The van der Waals surface area contributed by atoms with Gasteiger partial charge < -0.3 is 20.1 Å². The van der Waals surface area contributed by atoms with Crippen LogP contribution in [0.5, 0.6) is 5.75 Å². The van der Waals surface area contributed by atoms with Crippen LogP contribution < -0.4 is 15.4 Å². The number of methoxy groups -OCH3 is 1. The Balaban J connectivity index is 1.73. The second kappa shape index (κ2) is 11.2. The van der Waals surface area contributed by atoms with Crippen LogP contribution >= 0.6 is 0 Å². The summed E-state index contributed by atoms with van der Waals surface area (Å²) in [5, 5.41) is 6.68. The highest BCUT2D eigenvalue weighted by Gasteiger charge is 2.00. The maximum absolute atomic E-state index is 5.42. The van der Waals surface area contributed by atoms with Crippen molar-refractivity contribution < 1.29 is 9.47 Å². The topological polar surface area (TPSA) is 54.9 Å². The van der Waals surface area contributed by atoms with E-state index in [1.165, 1.54) is 16.7 Å². The lowest BCUT2D eigenvalue weighted by Gasteiger charge is -2.12. The Bertz CT molecular complexity index is 667. The minimum absolute atomic E-state index is 0.665. The van der Waals surface area contributed by atoms with Gasteiger partial charge in [-0.1, -0.05) is 36.4 Å². The van der Waals surface area contributed by atoms with E-state index in [1.807, 2.05) is 19.1 Å². The van der Waals surface area contributed by atoms with E-state index < -0.39 is 0 Å². The van der Waals surface area contributed by atoms with Crippen LogP contribution in [0.15, 0.2) is 53.5 Å². The predicted octanol–water partition coefficient (Wildman–Crippen LogP) is 3.14. The van der Waals surface area contributed by atoms with Crippen molar-refractivity contribution >= 4 is 5.96 Å². The zero-order chi connectivity index (χ0) is 18.6. The van der Waals surface area contributed by atoms with E-state index in [-0.39, 0.29) is 0 Å². The summed E-state index contributed by atoms with van der Waals surface area (Å²) in [7, 11) is 3.46. The van der Waals surface area contributed by atoms with Gasteiger partial charge in [-0.15, -0.1) is 0 Å². The normalized spacial score (nSPS) is 11.3. The second-order valence-electron chi connectivity index (χ2n) is 5.90. The molecule has 0 aliphatic carbocycles. The lowest BCUT2D eigenvalue weighted by atomic mass is 10.1. The zero-order valence-electron chi connectivity index (χ0n) is 15.9. The molecule has 140 valence electrons. The van der Waals surface area contributed by atoms with Crippen LogP contribution in [0, 0.1) is 0 Å².